The third-order valence-electron chi connectivity index (χ3n) is 4.78. The van der Waals surface area contributed by atoms with Gasteiger partial charge in [0.05, 0.1) is 6.04 Å². The molecular formula is C25H22F2N2O4. The Labute approximate surface area is 189 Å². The maximum absolute atomic E-state index is 14.6. The van der Waals surface area contributed by atoms with Crippen molar-refractivity contribution in [1.29, 1.82) is 0 Å². The molecule has 0 spiro atoms. The molecule has 8 heteroatoms. The van der Waals surface area contributed by atoms with E-state index in [1.807, 2.05) is 25.1 Å². The molecule has 0 saturated carbocycles. The fourth-order valence-electron chi connectivity index (χ4n) is 3.28. The van der Waals surface area contributed by atoms with Gasteiger partial charge >= 0.3 is 0 Å². The summed E-state index contributed by atoms with van der Waals surface area (Å²) in [5.74, 6) is -1.70. The van der Waals surface area contributed by atoms with Gasteiger partial charge in [-0.15, -0.1) is 0 Å². The summed E-state index contributed by atoms with van der Waals surface area (Å²) >= 11 is 0. The molecule has 1 amide bonds. The Morgan fingerprint density at radius 3 is 2.48 bits per heavy atom. The molecule has 0 saturated heterocycles. The zero-order chi connectivity index (χ0) is 23.4. The molecule has 1 heterocycles. The van der Waals surface area contributed by atoms with Crippen LogP contribution in [-0.2, 0) is 11.4 Å². The van der Waals surface area contributed by atoms with E-state index in [0.717, 1.165) is 17.7 Å². The topological polar surface area (TPSA) is 73.6 Å². The maximum Gasteiger partial charge on any atom is 0.227 e. The number of nitrogens with zero attached hydrogens (tertiary/aromatic N) is 1. The van der Waals surface area contributed by atoms with E-state index in [-0.39, 0.29) is 36.6 Å². The van der Waals surface area contributed by atoms with Gasteiger partial charge in [-0.25, -0.2) is 13.8 Å². The summed E-state index contributed by atoms with van der Waals surface area (Å²) in [7, 11) is 0. The van der Waals surface area contributed by atoms with Crippen molar-refractivity contribution in [1.82, 2.24) is 10.3 Å². The summed E-state index contributed by atoms with van der Waals surface area (Å²) in [5, 5.41) is 2.73. The Morgan fingerprint density at radius 1 is 1.06 bits per heavy atom. The van der Waals surface area contributed by atoms with Crippen molar-refractivity contribution in [2.75, 3.05) is 6.61 Å². The number of hydrogen-bond donors (Lipinski definition) is 1. The molecule has 0 unspecified atom stereocenters. The lowest BCUT2D eigenvalue weighted by molar-refractivity contribution is -0.119. The van der Waals surface area contributed by atoms with Crippen molar-refractivity contribution in [2.45, 2.75) is 26.5 Å². The number of carbonyl (C=O) groups excluding carboxylic acids is 1. The van der Waals surface area contributed by atoms with E-state index in [0.29, 0.717) is 16.8 Å². The average molecular weight is 452 g/mol. The predicted molar refractivity (Wildman–Crippen MR) is 119 cm³/mol. The van der Waals surface area contributed by atoms with Crippen LogP contribution in [-0.4, -0.2) is 23.5 Å². The van der Waals surface area contributed by atoms with E-state index in [4.69, 9.17) is 13.9 Å². The Balaban J connectivity index is 1.50. The van der Waals surface area contributed by atoms with E-state index in [1.165, 1.54) is 6.92 Å². The Morgan fingerprint density at radius 2 is 1.79 bits per heavy atom. The molecule has 1 aromatic heterocycles. The minimum atomic E-state index is -0.848. The maximum atomic E-state index is 14.6. The number of fused-ring (bicyclic) bond motifs is 1. The van der Waals surface area contributed by atoms with E-state index < -0.39 is 17.4 Å². The van der Waals surface area contributed by atoms with Crippen LogP contribution >= 0.6 is 0 Å². The zero-order valence-electron chi connectivity index (χ0n) is 18.1. The van der Waals surface area contributed by atoms with Gasteiger partial charge in [0.25, 0.3) is 0 Å². The first kappa shape index (κ1) is 22.3. The summed E-state index contributed by atoms with van der Waals surface area (Å²) in [6.07, 6.45) is 0. The van der Waals surface area contributed by atoms with Crippen LogP contribution in [0.2, 0.25) is 0 Å². The molecule has 170 valence electrons. The van der Waals surface area contributed by atoms with Crippen LogP contribution in [0.4, 0.5) is 8.78 Å². The zero-order valence-corrected chi connectivity index (χ0v) is 18.1. The third-order valence-corrected chi connectivity index (χ3v) is 4.78. The largest absolute Gasteiger partial charge is 0.491 e. The van der Waals surface area contributed by atoms with Crippen LogP contribution in [0.1, 0.15) is 19.4 Å². The van der Waals surface area contributed by atoms with Gasteiger partial charge in [0.2, 0.25) is 11.8 Å². The van der Waals surface area contributed by atoms with Crippen LogP contribution in [0, 0.1) is 11.6 Å². The first-order valence-corrected chi connectivity index (χ1v) is 10.4. The fraction of sp³-hybridized carbons (Fsp3) is 0.200. The second-order valence-electron chi connectivity index (χ2n) is 7.60. The number of ether oxygens (including phenoxy) is 2. The molecule has 0 bridgehead atoms. The number of oxazole rings is 1. The molecule has 6 nitrogen and oxygen atoms in total. The van der Waals surface area contributed by atoms with Crippen LogP contribution in [0.25, 0.3) is 22.6 Å². The average Bonchev–Trinajstić information content (AvgIpc) is 3.21. The highest BCUT2D eigenvalue weighted by atomic mass is 19.1. The van der Waals surface area contributed by atoms with E-state index in [2.05, 4.69) is 10.3 Å². The lowest BCUT2D eigenvalue weighted by Crippen LogP contribution is -2.35. The fourth-order valence-corrected chi connectivity index (χ4v) is 3.28. The van der Waals surface area contributed by atoms with Gasteiger partial charge < -0.3 is 19.2 Å². The number of carbonyl (C=O) groups is 1. The van der Waals surface area contributed by atoms with Gasteiger partial charge in [-0.2, -0.15) is 0 Å². The molecule has 0 aliphatic heterocycles. The molecule has 3 aromatic carbocycles. The number of benzene rings is 3. The summed E-state index contributed by atoms with van der Waals surface area (Å²) in [4.78, 5) is 15.4. The monoisotopic (exact) mass is 452 g/mol. The highest BCUT2D eigenvalue weighted by molar-refractivity contribution is 5.78. The van der Waals surface area contributed by atoms with Crippen LogP contribution in [0.5, 0.6) is 11.5 Å². The van der Waals surface area contributed by atoms with Gasteiger partial charge in [0, 0.05) is 18.6 Å². The molecule has 0 radical (unpaired) electrons. The number of amides is 1. The third kappa shape index (κ3) is 5.46. The van der Waals surface area contributed by atoms with Crippen LogP contribution in [0.15, 0.2) is 65.1 Å². The van der Waals surface area contributed by atoms with Crippen molar-refractivity contribution in [3.05, 3.63) is 77.9 Å². The van der Waals surface area contributed by atoms with Crippen molar-refractivity contribution in [3.8, 4) is 23.0 Å². The molecular weight excluding hydrogens is 430 g/mol. The molecule has 4 aromatic rings. The quantitative estimate of drug-likeness (QED) is 0.395. The molecule has 0 fully saturated rings. The summed E-state index contributed by atoms with van der Waals surface area (Å²) < 4.78 is 45.9. The smallest absolute Gasteiger partial charge is 0.227 e. The number of nitrogens with one attached hydrogen (secondary N) is 1. The van der Waals surface area contributed by atoms with Crippen molar-refractivity contribution < 1.29 is 27.5 Å². The second kappa shape index (κ2) is 9.68. The highest BCUT2D eigenvalue weighted by Gasteiger charge is 2.17. The van der Waals surface area contributed by atoms with Gasteiger partial charge in [0.1, 0.15) is 24.5 Å². The first-order chi connectivity index (χ1) is 15.9. The van der Waals surface area contributed by atoms with Gasteiger partial charge in [-0.05, 0) is 36.8 Å². The summed E-state index contributed by atoms with van der Waals surface area (Å²) in [5.41, 5.74) is 1.86. The number of halogens is 2. The lowest BCUT2D eigenvalue weighted by atomic mass is 10.2. The number of rotatable bonds is 8. The SMILES string of the molecule is CC(=O)N[C@@H](C)COc1ccc2nc(-c3cc(F)c(OCc4ccccc4)c(F)c3)oc2c1. The molecule has 33 heavy (non-hydrogen) atoms. The lowest BCUT2D eigenvalue weighted by Gasteiger charge is -2.13. The molecule has 1 atom stereocenters. The molecule has 4 rings (SSSR count). The molecule has 0 aliphatic rings. The van der Waals surface area contributed by atoms with Gasteiger partial charge in [-0.3, -0.25) is 4.79 Å². The Hall–Kier alpha value is -3.94. The predicted octanol–water partition coefficient (Wildman–Crippen LogP) is 5.26. The van der Waals surface area contributed by atoms with Gasteiger partial charge in [0.15, 0.2) is 23.0 Å². The first-order valence-electron chi connectivity index (χ1n) is 10.4. The highest BCUT2D eigenvalue weighted by Crippen LogP contribution is 2.32. The van der Waals surface area contributed by atoms with E-state index in [1.54, 1.807) is 30.3 Å². The van der Waals surface area contributed by atoms with Crippen molar-refractivity contribution in [2.24, 2.45) is 0 Å². The number of hydrogen-bond acceptors (Lipinski definition) is 5. The molecule has 0 aliphatic carbocycles. The van der Waals surface area contributed by atoms with Crippen LogP contribution in [0.3, 0.4) is 0 Å². The number of aromatic nitrogens is 1. The van der Waals surface area contributed by atoms with Crippen molar-refractivity contribution >= 4 is 17.0 Å². The summed E-state index contributed by atoms with van der Waals surface area (Å²) in [6, 6.07) is 16.2. The van der Waals surface area contributed by atoms with Crippen LogP contribution < -0.4 is 14.8 Å². The van der Waals surface area contributed by atoms with Gasteiger partial charge in [-0.1, -0.05) is 30.3 Å². The standard InChI is InChI=1S/C25H22F2N2O4/c1-15(28-16(2)30)13-31-19-8-9-22-23(12-19)33-25(29-22)18-10-20(26)24(21(27)11-18)32-14-17-6-4-3-5-7-17/h3-12,15H,13-14H2,1-2H3,(H,28,30)/t15-/m0/s1. The molecule has 1 N–H and O–H groups in total. The minimum absolute atomic E-state index is 0.0419. The van der Waals surface area contributed by atoms with E-state index >= 15 is 0 Å². The Kier molecular flexibility index (Phi) is 6.53. The normalized spacial score (nSPS) is 11.9. The summed E-state index contributed by atoms with van der Waals surface area (Å²) in [6.45, 7) is 3.57. The second-order valence-corrected chi connectivity index (χ2v) is 7.60. The minimum Gasteiger partial charge on any atom is -0.491 e. The van der Waals surface area contributed by atoms with E-state index in [9.17, 15) is 13.6 Å². The Bertz CT molecular complexity index is 1250. The van der Waals surface area contributed by atoms with Crippen molar-refractivity contribution in [3.63, 3.8) is 0 Å².